The maximum absolute atomic E-state index is 13.9. The number of halogens is 3. The second-order valence-electron chi connectivity index (χ2n) is 8.46. The number of ether oxygens (including phenoxy) is 1. The van der Waals surface area contributed by atoms with Gasteiger partial charge in [-0.1, -0.05) is 46.9 Å². The Morgan fingerprint density at radius 3 is 2.15 bits per heavy atom. The van der Waals surface area contributed by atoms with Crippen LogP contribution < -0.4 is 14.4 Å². The standard InChI is InChI=1S/C27H28Cl3N3O5S/c1-4-31-27(35)18(2)32(16-23-24(29)9-6-10-25(23)30)26(34)17-33(20-8-5-7-19(28)15-20)39(36,37)22-13-11-21(38-3)12-14-22/h5-15,18H,4,16-17H2,1-3H3,(H,31,35)/t18-/m0/s1. The summed E-state index contributed by atoms with van der Waals surface area (Å²) in [6, 6.07) is 15.9. The lowest BCUT2D eigenvalue weighted by molar-refractivity contribution is -0.139. The summed E-state index contributed by atoms with van der Waals surface area (Å²) in [7, 11) is -2.78. The Morgan fingerprint density at radius 2 is 1.59 bits per heavy atom. The van der Waals surface area contributed by atoms with Gasteiger partial charge in [-0.25, -0.2) is 8.42 Å². The second kappa shape index (κ2) is 13.4. The van der Waals surface area contributed by atoms with Gasteiger partial charge in [0, 0.05) is 33.7 Å². The van der Waals surface area contributed by atoms with E-state index in [0.29, 0.717) is 27.9 Å². The minimum Gasteiger partial charge on any atom is -0.497 e. The summed E-state index contributed by atoms with van der Waals surface area (Å²) in [5, 5.41) is 3.59. The van der Waals surface area contributed by atoms with E-state index in [-0.39, 0.29) is 22.2 Å². The molecule has 0 radical (unpaired) electrons. The molecule has 12 heteroatoms. The van der Waals surface area contributed by atoms with Crippen LogP contribution in [0.25, 0.3) is 0 Å². The number of benzene rings is 3. The summed E-state index contributed by atoms with van der Waals surface area (Å²) >= 11 is 18.9. The fourth-order valence-electron chi connectivity index (χ4n) is 3.79. The Labute approximate surface area is 243 Å². The Hall–Kier alpha value is -2.98. The van der Waals surface area contributed by atoms with Crippen LogP contribution in [-0.2, 0) is 26.2 Å². The first-order valence-electron chi connectivity index (χ1n) is 11.9. The molecule has 0 spiro atoms. The predicted molar refractivity (Wildman–Crippen MR) is 154 cm³/mol. The zero-order valence-corrected chi connectivity index (χ0v) is 24.6. The monoisotopic (exact) mass is 611 g/mol. The molecule has 0 aliphatic heterocycles. The van der Waals surface area contributed by atoms with Crippen LogP contribution >= 0.6 is 34.8 Å². The average molecular weight is 613 g/mol. The van der Waals surface area contributed by atoms with Gasteiger partial charge in [-0.3, -0.25) is 13.9 Å². The minimum atomic E-state index is -4.25. The normalized spacial score (nSPS) is 11.9. The number of hydrogen-bond donors (Lipinski definition) is 1. The molecule has 1 atom stereocenters. The number of amides is 2. The van der Waals surface area contributed by atoms with Crippen LogP contribution in [0.5, 0.6) is 5.75 Å². The minimum absolute atomic E-state index is 0.0615. The summed E-state index contributed by atoms with van der Waals surface area (Å²) in [4.78, 5) is 27.9. The van der Waals surface area contributed by atoms with Gasteiger partial charge in [0.25, 0.3) is 10.0 Å². The molecule has 0 aliphatic rings. The third-order valence-electron chi connectivity index (χ3n) is 5.93. The molecule has 39 heavy (non-hydrogen) atoms. The number of likely N-dealkylation sites (N-methyl/N-ethyl adjacent to an activating group) is 1. The first-order valence-corrected chi connectivity index (χ1v) is 14.5. The molecule has 0 saturated heterocycles. The molecule has 0 heterocycles. The second-order valence-corrected chi connectivity index (χ2v) is 11.6. The highest BCUT2D eigenvalue weighted by Crippen LogP contribution is 2.29. The molecule has 0 bridgehead atoms. The van der Waals surface area contributed by atoms with E-state index in [0.717, 1.165) is 4.31 Å². The van der Waals surface area contributed by atoms with Gasteiger partial charge in [0.05, 0.1) is 17.7 Å². The van der Waals surface area contributed by atoms with Crippen molar-refractivity contribution < 1.29 is 22.7 Å². The van der Waals surface area contributed by atoms with Gasteiger partial charge < -0.3 is 15.0 Å². The summed E-state index contributed by atoms with van der Waals surface area (Å²) in [6.07, 6.45) is 0. The molecule has 0 saturated carbocycles. The number of methoxy groups -OCH3 is 1. The zero-order valence-electron chi connectivity index (χ0n) is 21.5. The lowest BCUT2D eigenvalue weighted by Gasteiger charge is -2.32. The highest BCUT2D eigenvalue weighted by molar-refractivity contribution is 7.92. The van der Waals surface area contributed by atoms with Crippen LogP contribution in [0.3, 0.4) is 0 Å². The van der Waals surface area contributed by atoms with Crippen molar-refractivity contribution in [1.29, 1.82) is 0 Å². The van der Waals surface area contributed by atoms with Crippen LogP contribution in [0.4, 0.5) is 5.69 Å². The lowest BCUT2D eigenvalue weighted by atomic mass is 10.1. The highest BCUT2D eigenvalue weighted by atomic mass is 35.5. The van der Waals surface area contributed by atoms with Gasteiger partial charge in [0.2, 0.25) is 11.8 Å². The van der Waals surface area contributed by atoms with Crippen molar-refractivity contribution in [2.75, 3.05) is 24.5 Å². The maximum Gasteiger partial charge on any atom is 0.264 e. The summed E-state index contributed by atoms with van der Waals surface area (Å²) < 4.78 is 33.7. The molecule has 2 amide bonds. The van der Waals surface area contributed by atoms with Crippen molar-refractivity contribution >= 4 is 62.3 Å². The van der Waals surface area contributed by atoms with Gasteiger partial charge in [-0.05, 0) is 68.4 Å². The molecule has 3 aromatic carbocycles. The predicted octanol–water partition coefficient (Wildman–Crippen LogP) is 5.40. The Morgan fingerprint density at radius 1 is 0.974 bits per heavy atom. The lowest BCUT2D eigenvalue weighted by Crippen LogP contribution is -2.51. The zero-order chi connectivity index (χ0) is 28.7. The van der Waals surface area contributed by atoms with Gasteiger partial charge in [-0.15, -0.1) is 0 Å². The number of anilines is 1. The molecule has 208 valence electrons. The first kappa shape index (κ1) is 30.6. The smallest absolute Gasteiger partial charge is 0.264 e. The van der Waals surface area contributed by atoms with Crippen molar-refractivity contribution in [3.05, 3.63) is 87.4 Å². The number of nitrogens with zero attached hydrogens (tertiary/aromatic N) is 2. The van der Waals surface area contributed by atoms with E-state index < -0.39 is 34.4 Å². The molecule has 0 aromatic heterocycles. The van der Waals surface area contributed by atoms with E-state index in [2.05, 4.69) is 5.32 Å². The average Bonchev–Trinajstić information content (AvgIpc) is 2.91. The van der Waals surface area contributed by atoms with Gasteiger partial charge in [0.15, 0.2) is 0 Å². The fraction of sp³-hybridized carbons (Fsp3) is 0.259. The molecule has 0 fully saturated rings. The molecular weight excluding hydrogens is 585 g/mol. The molecule has 0 aliphatic carbocycles. The largest absolute Gasteiger partial charge is 0.497 e. The first-order chi connectivity index (χ1) is 18.5. The van der Waals surface area contributed by atoms with Crippen LogP contribution in [0.1, 0.15) is 19.4 Å². The van der Waals surface area contributed by atoms with E-state index in [9.17, 15) is 18.0 Å². The maximum atomic E-state index is 13.9. The van der Waals surface area contributed by atoms with Crippen LogP contribution in [0, 0.1) is 0 Å². The number of carbonyl (C=O) groups excluding carboxylic acids is 2. The number of hydrogen-bond acceptors (Lipinski definition) is 5. The summed E-state index contributed by atoms with van der Waals surface area (Å²) in [5.74, 6) is -0.596. The quantitative estimate of drug-likeness (QED) is 0.313. The molecule has 1 N–H and O–H groups in total. The van der Waals surface area contributed by atoms with Crippen molar-refractivity contribution in [2.45, 2.75) is 31.3 Å². The summed E-state index contributed by atoms with van der Waals surface area (Å²) in [6.45, 7) is 2.90. The topological polar surface area (TPSA) is 96.0 Å². The van der Waals surface area contributed by atoms with Gasteiger partial charge >= 0.3 is 0 Å². The molecule has 3 aromatic rings. The van der Waals surface area contributed by atoms with Crippen molar-refractivity contribution in [3.63, 3.8) is 0 Å². The van der Waals surface area contributed by atoms with E-state index >= 15 is 0 Å². The van der Waals surface area contributed by atoms with E-state index in [4.69, 9.17) is 39.5 Å². The van der Waals surface area contributed by atoms with E-state index in [1.165, 1.54) is 48.4 Å². The molecular formula is C27H28Cl3N3O5S. The number of sulfonamides is 1. The molecule has 8 nitrogen and oxygen atoms in total. The number of rotatable bonds is 11. The number of carbonyl (C=O) groups is 2. The third-order valence-corrected chi connectivity index (χ3v) is 8.66. The Bertz CT molecular complexity index is 1410. The molecule has 0 unspecified atom stereocenters. The molecule has 3 rings (SSSR count). The fourth-order valence-corrected chi connectivity index (χ4v) is 5.90. The highest BCUT2D eigenvalue weighted by Gasteiger charge is 2.33. The Kier molecular flexibility index (Phi) is 10.5. The van der Waals surface area contributed by atoms with Crippen molar-refractivity contribution in [1.82, 2.24) is 10.2 Å². The van der Waals surface area contributed by atoms with Crippen LogP contribution in [0.15, 0.2) is 71.6 Å². The van der Waals surface area contributed by atoms with E-state index in [1.54, 1.807) is 44.2 Å². The SMILES string of the molecule is CCNC(=O)[C@H](C)N(Cc1c(Cl)cccc1Cl)C(=O)CN(c1cccc(Cl)c1)S(=O)(=O)c1ccc(OC)cc1. The third kappa shape index (κ3) is 7.36. The van der Waals surface area contributed by atoms with E-state index in [1.807, 2.05) is 0 Å². The van der Waals surface area contributed by atoms with Gasteiger partial charge in [-0.2, -0.15) is 0 Å². The van der Waals surface area contributed by atoms with Crippen LogP contribution in [-0.4, -0.2) is 51.4 Å². The van der Waals surface area contributed by atoms with Gasteiger partial charge in [0.1, 0.15) is 18.3 Å². The Balaban J connectivity index is 2.07. The van der Waals surface area contributed by atoms with Crippen LogP contribution in [0.2, 0.25) is 15.1 Å². The number of nitrogens with one attached hydrogen (secondary N) is 1. The van der Waals surface area contributed by atoms with Crippen molar-refractivity contribution in [3.8, 4) is 5.75 Å². The summed E-state index contributed by atoms with van der Waals surface area (Å²) in [5.41, 5.74) is 0.603. The van der Waals surface area contributed by atoms with Crippen molar-refractivity contribution in [2.24, 2.45) is 0 Å².